The van der Waals surface area contributed by atoms with Crippen molar-refractivity contribution in [3.05, 3.63) is 52.9 Å². The average molecular weight is 294 g/mol. The molecule has 0 aliphatic heterocycles. The van der Waals surface area contributed by atoms with Crippen LogP contribution in [-0.2, 0) is 13.2 Å². The fraction of sp³-hybridized carbons (Fsp3) is 0.375. The Bertz CT molecular complexity index is 520. The molecule has 0 saturated heterocycles. The van der Waals surface area contributed by atoms with Crippen LogP contribution in [0.15, 0.2) is 41.0 Å². The highest BCUT2D eigenvalue weighted by Gasteiger charge is 2.07. The summed E-state index contributed by atoms with van der Waals surface area (Å²) in [6.07, 6.45) is 1.70. The molecule has 0 unspecified atom stereocenters. The lowest BCUT2D eigenvalue weighted by Gasteiger charge is -2.08. The van der Waals surface area contributed by atoms with Crippen molar-refractivity contribution in [2.45, 2.75) is 27.0 Å². The van der Waals surface area contributed by atoms with Crippen LogP contribution in [0.2, 0.25) is 5.02 Å². The Labute approximate surface area is 124 Å². The monoisotopic (exact) mass is 293 g/mol. The van der Waals surface area contributed by atoms with E-state index < -0.39 is 0 Å². The van der Waals surface area contributed by atoms with E-state index in [1.165, 1.54) is 0 Å². The molecule has 20 heavy (non-hydrogen) atoms. The molecular weight excluding hydrogens is 274 g/mol. The number of ether oxygens (including phenoxy) is 1. The fourth-order valence-corrected chi connectivity index (χ4v) is 1.95. The third kappa shape index (κ3) is 4.58. The molecule has 0 aliphatic carbocycles. The van der Waals surface area contributed by atoms with E-state index in [4.69, 9.17) is 20.8 Å². The van der Waals surface area contributed by atoms with Gasteiger partial charge in [-0.25, -0.2) is 0 Å². The van der Waals surface area contributed by atoms with Crippen LogP contribution in [-0.4, -0.2) is 6.54 Å². The van der Waals surface area contributed by atoms with Crippen molar-refractivity contribution in [2.75, 3.05) is 6.54 Å². The van der Waals surface area contributed by atoms with Gasteiger partial charge in [0, 0.05) is 17.1 Å². The molecule has 2 rings (SSSR count). The lowest BCUT2D eigenvalue weighted by atomic mass is 10.2. The smallest absolute Gasteiger partial charge is 0.146 e. The fourth-order valence-electron chi connectivity index (χ4n) is 1.83. The van der Waals surface area contributed by atoms with Gasteiger partial charge in [-0.3, -0.25) is 0 Å². The molecule has 1 aromatic heterocycles. The largest absolute Gasteiger partial charge is 0.486 e. The Hall–Kier alpha value is -1.45. The first-order chi connectivity index (χ1) is 9.65. The van der Waals surface area contributed by atoms with Gasteiger partial charge in [-0.2, -0.15) is 0 Å². The molecule has 2 aromatic rings. The quantitative estimate of drug-likeness (QED) is 0.828. The van der Waals surface area contributed by atoms with E-state index in [0.29, 0.717) is 17.5 Å². The molecule has 0 amide bonds. The van der Waals surface area contributed by atoms with Gasteiger partial charge in [0.15, 0.2) is 0 Å². The second-order valence-electron chi connectivity index (χ2n) is 5.14. The van der Waals surface area contributed by atoms with Crippen LogP contribution < -0.4 is 10.1 Å². The lowest BCUT2D eigenvalue weighted by molar-refractivity contribution is 0.268. The zero-order valence-electron chi connectivity index (χ0n) is 11.9. The molecule has 0 saturated carbocycles. The lowest BCUT2D eigenvalue weighted by Crippen LogP contribution is -2.19. The number of halogens is 1. The molecule has 3 nitrogen and oxygen atoms in total. The van der Waals surface area contributed by atoms with Crippen LogP contribution >= 0.6 is 11.6 Å². The minimum atomic E-state index is 0.424. The first kappa shape index (κ1) is 14.9. The van der Waals surface area contributed by atoms with Gasteiger partial charge in [0.25, 0.3) is 0 Å². The van der Waals surface area contributed by atoms with Gasteiger partial charge in [-0.05, 0) is 42.8 Å². The Balaban J connectivity index is 1.86. The predicted octanol–water partition coefficient (Wildman–Crippen LogP) is 4.26. The number of hydrogen-bond acceptors (Lipinski definition) is 3. The van der Waals surface area contributed by atoms with Crippen LogP contribution in [0.1, 0.15) is 25.2 Å². The Morgan fingerprint density at radius 3 is 2.65 bits per heavy atom. The molecular formula is C16H20ClNO2. The van der Waals surface area contributed by atoms with Gasteiger partial charge in [0.05, 0.1) is 6.26 Å². The SMILES string of the molecule is CC(C)CNCc1ccoc1COc1ccc(Cl)cc1. The minimum absolute atomic E-state index is 0.424. The van der Waals surface area contributed by atoms with Crippen molar-refractivity contribution in [2.24, 2.45) is 5.92 Å². The Kier molecular flexibility index (Phi) is 5.50. The topological polar surface area (TPSA) is 34.4 Å². The number of benzene rings is 1. The van der Waals surface area contributed by atoms with Gasteiger partial charge < -0.3 is 14.5 Å². The molecule has 4 heteroatoms. The first-order valence-corrected chi connectivity index (χ1v) is 7.17. The van der Waals surface area contributed by atoms with Crippen molar-refractivity contribution < 1.29 is 9.15 Å². The number of furan rings is 1. The average Bonchev–Trinajstić information content (AvgIpc) is 2.85. The van der Waals surface area contributed by atoms with Crippen LogP contribution in [0.5, 0.6) is 5.75 Å². The van der Waals surface area contributed by atoms with Crippen molar-refractivity contribution >= 4 is 11.6 Å². The summed E-state index contributed by atoms with van der Waals surface area (Å²) in [7, 11) is 0. The van der Waals surface area contributed by atoms with Gasteiger partial charge >= 0.3 is 0 Å². The molecule has 0 atom stereocenters. The summed E-state index contributed by atoms with van der Waals surface area (Å²) in [6.45, 7) is 6.59. The summed E-state index contributed by atoms with van der Waals surface area (Å²) >= 11 is 5.84. The third-order valence-electron chi connectivity index (χ3n) is 2.89. The zero-order chi connectivity index (χ0) is 14.4. The first-order valence-electron chi connectivity index (χ1n) is 6.79. The van der Waals surface area contributed by atoms with Gasteiger partial charge in [-0.15, -0.1) is 0 Å². The van der Waals surface area contributed by atoms with Crippen LogP contribution in [0.3, 0.4) is 0 Å². The van der Waals surface area contributed by atoms with E-state index >= 15 is 0 Å². The van der Waals surface area contributed by atoms with Crippen molar-refractivity contribution in [3.63, 3.8) is 0 Å². The highest BCUT2D eigenvalue weighted by Crippen LogP contribution is 2.18. The summed E-state index contributed by atoms with van der Waals surface area (Å²) in [6, 6.07) is 9.30. The molecule has 1 aromatic carbocycles. The predicted molar refractivity (Wildman–Crippen MR) is 81.0 cm³/mol. The van der Waals surface area contributed by atoms with E-state index in [1.807, 2.05) is 30.3 Å². The van der Waals surface area contributed by atoms with Crippen LogP contribution in [0.4, 0.5) is 0 Å². The summed E-state index contributed by atoms with van der Waals surface area (Å²) in [5.74, 6) is 2.28. The summed E-state index contributed by atoms with van der Waals surface area (Å²) in [4.78, 5) is 0. The van der Waals surface area contributed by atoms with Crippen LogP contribution in [0.25, 0.3) is 0 Å². The number of rotatable bonds is 7. The highest BCUT2D eigenvalue weighted by atomic mass is 35.5. The molecule has 0 bridgehead atoms. The summed E-state index contributed by atoms with van der Waals surface area (Å²) < 4.78 is 11.2. The maximum atomic E-state index is 5.84. The highest BCUT2D eigenvalue weighted by molar-refractivity contribution is 6.30. The number of nitrogens with one attached hydrogen (secondary N) is 1. The maximum Gasteiger partial charge on any atom is 0.146 e. The summed E-state index contributed by atoms with van der Waals surface area (Å²) in [5, 5.41) is 4.10. The zero-order valence-corrected chi connectivity index (χ0v) is 12.6. The third-order valence-corrected chi connectivity index (χ3v) is 3.14. The van der Waals surface area contributed by atoms with Crippen molar-refractivity contribution in [1.29, 1.82) is 0 Å². The standard InChI is InChI=1S/C16H20ClNO2/c1-12(2)9-18-10-13-7-8-19-16(13)11-20-15-5-3-14(17)4-6-15/h3-8,12,18H,9-11H2,1-2H3. The molecule has 0 radical (unpaired) electrons. The molecule has 1 heterocycles. The van der Waals surface area contributed by atoms with Crippen LogP contribution in [0, 0.1) is 5.92 Å². The van der Waals surface area contributed by atoms with E-state index in [0.717, 1.165) is 30.2 Å². The molecule has 0 spiro atoms. The van der Waals surface area contributed by atoms with Gasteiger partial charge in [0.2, 0.25) is 0 Å². The van der Waals surface area contributed by atoms with E-state index in [-0.39, 0.29) is 0 Å². The maximum absolute atomic E-state index is 5.84. The molecule has 0 aliphatic rings. The van der Waals surface area contributed by atoms with E-state index in [2.05, 4.69) is 19.2 Å². The molecule has 0 fully saturated rings. The van der Waals surface area contributed by atoms with E-state index in [9.17, 15) is 0 Å². The van der Waals surface area contributed by atoms with Gasteiger partial charge in [0.1, 0.15) is 18.1 Å². The second-order valence-corrected chi connectivity index (χ2v) is 5.57. The summed E-state index contributed by atoms with van der Waals surface area (Å²) in [5.41, 5.74) is 1.14. The second kappa shape index (κ2) is 7.36. The van der Waals surface area contributed by atoms with Crippen molar-refractivity contribution in [3.8, 4) is 5.75 Å². The van der Waals surface area contributed by atoms with E-state index in [1.54, 1.807) is 6.26 Å². The van der Waals surface area contributed by atoms with Gasteiger partial charge in [-0.1, -0.05) is 25.4 Å². The molecule has 1 N–H and O–H groups in total. The minimum Gasteiger partial charge on any atom is -0.486 e. The molecule has 108 valence electrons. The number of hydrogen-bond donors (Lipinski definition) is 1. The Morgan fingerprint density at radius 2 is 1.95 bits per heavy atom. The Morgan fingerprint density at radius 1 is 1.20 bits per heavy atom. The normalized spacial score (nSPS) is 11.0. The van der Waals surface area contributed by atoms with Crippen molar-refractivity contribution in [1.82, 2.24) is 5.32 Å².